The predicted molar refractivity (Wildman–Crippen MR) is 61.1 cm³/mol. The fraction of sp³-hybridized carbons (Fsp3) is 0.833. The summed E-state index contributed by atoms with van der Waals surface area (Å²) in [6.45, 7) is 1.20. The van der Waals surface area contributed by atoms with E-state index in [1.807, 2.05) is 5.32 Å². The maximum Gasteiger partial charge on any atom is 0.471 e. The normalized spacial score (nSPS) is 21.3. The SMILES string of the molecule is O=C(C1CC1)N1CCC(CNC(=O)C(F)(F)F)CC1. The Morgan fingerprint density at radius 2 is 1.68 bits per heavy atom. The predicted octanol–water partition coefficient (Wildman–Crippen LogP) is 1.31. The summed E-state index contributed by atoms with van der Waals surface area (Å²) in [5.41, 5.74) is 0. The highest BCUT2D eigenvalue weighted by molar-refractivity contribution is 5.82. The first-order valence-electron chi connectivity index (χ1n) is 6.51. The van der Waals surface area contributed by atoms with Gasteiger partial charge in [-0.3, -0.25) is 9.59 Å². The largest absolute Gasteiger partial charge is 0.471 e. The van der Waals surface area contributed by atoms with Gasteiger partial charge in [-0.1, -0.05) is 0 Å². The van der Waals surface area contributed by atoms with Crippen molar-refractivity contribution in [3.8, 4) is 0 Å². The summed E-state index contributed by atoms with van der Waals surface area (Å²) < 4.78 is 36.0. The quantitative estimate of drug-likeness (QED) is 0.846. The second kappa shape index (κ2) is 5.38. The first-order chi connectivity index (χ1) is 8.88. The van der Waals surface area contributed by atoms with Crippen LogP contribution in [0.15, 0.2) is 0 Å². The maximum atomic E-state index is 12.0. The molecule has 7 heteroatoms. The second-order valence-corrected chi connectivity index (χ2v) is 5.25. The molecule has 1 aliphatic carbocycles. The standard InChI is InChI=1S/C12H17F3N2O2/c13-12(14,15)11(19)16-7-8-3-5-17(6-4-8)10(18)9-1-2-9/h8-9H,1-7H2,(H,16,19). The lowest BCUT2D eigenvalue weighted by molar-refractivity contribution is -0.173. The van der Waals surface area contributed by atoms with Crippen LogP contribution < -0.4 is 5.32 Å². The molecule has 1 saturated carbocycles. The first-order valence-corrected chi connectivity index (χ1v) is 6.51. The zero-order valence-electron chi connectivity index (χ0n) is 10.5. The van der Waals surface area contributed by atoms with Crippen LogP contribution in [0.5, 0.6) is 0 Å². The Kier molecular flexibility index (Phi) is 4.01. The molecule has 108 valence electrons. The van der Waals surface area contributed by atoms with Gasteiger partial charge in [-0.25, -0.2) is 0 Å². The number of alkyl halides is 3. The van der Waals surface area contributed by atoms with Gasteiger partial charge in [-0.2, -0.15) is 13.2 Å². The minimum atomic E-state index is -4.82. The molecule has 2 rings (SSSR count). The second-order valence-electron chi connectivity index (χ2n) is 5.25. The van der Waals surface area contributed by atoms with E-state index in [1.165, 1.54) is 0 Å². The first kappa shape index (κ1) is 14.1. The number of rotatable bonds is 3. The summed E-state index contributed by atoms with van der Waals surface area (Å²) in [4.78, 5) is 24.2. The summed E-state index contributed by atoms with van der Waals surface area (Å²) >= 11 is 0. The zero-order valence-corrected chi connectivity index (χ0v) is 10.5. The van der Waals surface area contributed by atoms with Crippen molar-refractivity contribution in [2.75, 3.05) is 19.6 Å². The number of carbonyl (C=O) groups excluding carboxylic acids is 2. The summed E-state index contributed by atoms with van der Waals surface area (Å²) in [7, 11) is 0. The highest BCUT2D eigenvalue weighted by atomic mass is 19.4. The Hall–Kier alpha value is -1.27. The molecule has 0 unspecified atom stereocenters. The topological polar surface area (TPSA) is 49.4 Å². The van der Waals surface area contributed by atoms with E-state index in [1.54, 1.807) is 4.90 Å². The van der Waals surface area contributed by atoms with Crippen molar-refractivity contribution in [1.82, 2.24) is 10.2 Å². The lowest BCUT2D eigenvalue weighted by atomic mass is 9.96. The average molecular weight is 278 g/mol. The lowest BCUT2D eigenvalue weighted by Crippen LogP contribution is -2.44. The molecular formula is C12H17F3N2O2. The molecule has 0 bridgehead atoms. The Labute approximate surface area is 109 Å². The number of carbonyl (C=O) groups is 2. The Morgan fingerprint density at radius 1 is 1.11 bits per heavy atom. The lowest BCUT2D eigenvalue weighted by Gasteiger charge is -2.32. The number of nitrogens with zero attached hydrogens (tertiary/aromatic N) is 1. The van der Waals surface area contributed by atoms with Gasteiger partial charge in [0.15, 0.2) is 0 Å². The van der Waals surface area contributed by atoms with Gasteiger partial charge in [0.25, 0.3) is 0 Å². The van der Waals surface area contributed by atoms with E-state index >= 15 is 0 Å². The molecule has 2 aliphatic rings. The Balaban J connectivity index is 1.68. The third-order valence-electron chi connectivity index (χ3n) is 3.66. The molecule has 2 fully saturated rings. The minimum absolute atomic E-state index is 0.0227. The van der Waals surface area contributed by atoms with E-state index in [9.17, 15) is 22.8 Å². The van der Waals surface area contributed by atoms with Crippen molar-refractivity contribution in [3.63, 3.8) is 0 Å². The molecule has 0 radical (unpaired) electrons. The van der Waals surface area contributed by atoms with Crippen LogP contribution in [-0.4, -0.2) is 42.5 Å². The van der Waals surface area contributed by atoms with Crippen molar-refractivity contribution >= 4 is 11.8 Å². The molecule has 0 aromatic carbocycles. The molecule has 0 spiro atoms. The highest BCUT2D eigenvalue weighted by Crippen LogP contribution is 2.32. The van der Waals surface area contributed by atoms with Crippen molar-refractivity contribution < 1.29 is 22.8 Å². The number of amides is 2. The van der Waals surface area contributed by atoms with Crippen molar-refractivity contribution in [3.05, 3.63) is 0 Å². The van der Waals surface area contributed by atoms with E-state index in [2.05, 4.69) is 0 Å². The van der Waals surface area contributed by atoms with Gasteiger partial charge in [-0.05, 0) is 31.6 Å². The van der Waals surface area contributed by atoms with Crippen LogP contribution in [0.1, 0.15) is 25.7 Å². The Bertz CT molecular complexity index is 358. The van der Waals surface area contributed by atoms with Crippen molar-refractivity contribution in [2.45, 2.75) is 31.9 Å². The Morgan fingerprint density at radius 3 is 2.16 bits per heavy atom. The number of likely N-dealkylation sites (tertiary alicyclic amines) is 1. The number of nitrogens with one attached hydrogen (secondary N) is 1. The van der Waals surface area contributed by atoms with Gasteiger partial charge >= 0.3 is 12.1 Å². The van der Waals surface area contributed by atoms with E-state index in [-0.39, 0.29) is 24.3 Å². The number of piperidine rings is 1. The molecule has 4 nitrogen and oxygen atoms in total. The van der Waals surface area contributed by atoms with E-state index in [4.69, 9.17) is 0 Å². The molecule has 2 amide bonds. The highest BCUT2D eigenvalue weighted by Gasteiger charge is 2.39. The van der Waals surface area contributed by atoms with Gasteiger partial charge in [0.05, 0.1) is 0 Å². The van der Waals surface area contributed by atoms with Gasteiger partial charge in [-0.15, -0.1) is 0 Å². The fourth-order valence-corrected chi connectivity index (χ4v) is 2.28. The maximum absolute atomic E-state index is 12.0. The van der Waals surface area contributed by atoms with Gasteiger partial charge in [0.2, 0.25) is 5.91 Å². The van der Waals surface area contributed by atoms with Crippen LogP contribution in [0.4, 0.5) is 13.2 Å². The number of hydrogen-bond acceptors (Lipinski definition) is 2. The van der Waals surface area contributed by atoms with E-state index in [0.29, 0.717) is 25.9 Å². The van der Waals surface area contributed by atoms with Crippen LogP contribution in [0, 0.1) is 11.8 Å². The van der Waals surface area contributed by atoms with Gasteiger partial charge in [0.1, 0.15) is 0 Å². The van der Waals surface area contributed by atoms with Crippen molar-refractivity contribution in [1.29, 1.82) is 0 Å². The minimum Gasteiger partial charge on any atom is -0.348 e. The van der Waals surface area contributed by atoms with Crippen LogP contribution in [0.25, 0.3) is 0 Å². The average Bonchev–Trinajstić information content (AvgIpc) is 3.18. The van der Waals surface area contributed by atoms with Crippen LogP contribution in [0.2, 0.25) is 0 Å². The van der Waals surface area contributed by atoms with Gasteiger partial charge < -0.3 is 10.2 Å². The summed E-state index contributed by atoms with van der Waals surface area (Å²) in [6, 6.07) is 0. The third kappa shape index (κ3) is 3.84. The monoisotopic (exact) mass is 278 g/mol. The van der Waals surface area contributed by atoms with Crippen LogP contribution >= 0.6 is 0 Å². The molecule has 1 heterocycles. The molecule has 1 saturated heterocycles. The fourth-order valence-electron chi connectivity index (χ4n) is 2.28. The molecule has 0 atom stereocenters. The summed E-state index contributed by atoms with van der Waals surface area (Å²) in [5, 5.41) is 1.90. The summed E-state index contributed by atoms with van der Waals surface area (Å²) in [5.74, 6) is -1.50. The molecule has 0 aromatic heterocycles. The number of halogens is 3. The molecule has 19 heavy (non-hydrogen) atoms. The zero-order chi connectivity index (χ0) is 14.0. The van der Waals surface area contributed by atoms with Gasteiger partial charge in [0, 0.05) is 25.6 Å². The molecule has 1 aliphatic heterocycles. The molecule has 0 aromatic rings. The van der Waals surface area contributed by atoms with Crippen molar-refractivity contribution in [2.24, 2.45) is 11.8 Å². The number of hydrogen-bond donors (Lipinski definition) is 1. The summed E-state index contributed by atoms with van der Waals surface area (Å²) in [6.07, 6.45) is -1.60. The van der Waals surface area contributed by atoms with E-state index < -0.39 is 12.1 Å². The smallest absolute Gasteiger partial charge is 0.348 e. The van der Waals surface area contributed by atoms with E-state index in [0.717, 1.165) is 12.8 Å². The molecular weight excluding hydrogens is 261 g/mol. The van der Waals surface area contributed by atoms with Crippen LogP contribution in [-0.2, 0) is 9.59 Å². The third-order valence-corrected chi connectivity index (χ3v) is 3.66. The molecule has 1 N–H and O–H groups in total. The van der Waals surface area contributed by atoms with Crippen LogP contribution in [0.3, 0.4) is 0 Å².